The molecule has 0 saturated heterocycles. The number of aromatic nitrogens is 1. The molecule has 6 aromatic rings. The zero-order valence-electron chi connectivity index (χ0n) is 22.3. The number of para-hydroxylation sites is 2. The quantitative estimate of drug-likeness (QED) is 0.141. The van der Waals surface area contributed by atoms with Gasteiger partial charge >= 0.3 is 0 Å². The van der Waals surface area contributed by atoms with Crippen LogP contribution >= 0.6 is 23.1 Å². The molecule has 8 heteroatoms. The van der Waals surface area contributed by atoms with Crippen LogP contribution in [-0.4, -0.2) is 28.0 Å². The van der Waals surface area contributed by atoms with Crippen LogP contribution in [0.3, 0.4) is 0 Å². The molecule has 0 aliphatic heterocycles. The third-order valence-electron chi connectivity index (χ3n) is 6.67. The minimum Gasteiger partial charge on any atom is -0.321 e. The van der Waals surface area contributed by atoms with Crippen LogP contribution in [0.4, 0.5) is 5.69 Å². The van der Waals surface area contributed by atoms with Crippen LogP contribution in [0.1, 0.15) is 20.7 Å². The van der Waals surface area contributed by atoms with Crippen molar-refractivity contribution < 1.29 is 14.4 Å². The summed E-state index contributed by atoms with van der Waals surface area (Å²) in [6.45, 7) is 0. The highest BCUT2D eigenvalue weighted by Gasteiger charge is 2.17. The summed E-state index contributed by atoms with van der Waals surface area (Å²) in [6.07, 6.45) is 1.65. The fraction of sp³-hybridized carbons (Fsp3) is 0.0294. The van der Waals surface area contributed by atoms with Crippen LogP contribution in [0.5, 0.6) is 0 Å². The molecule has 0 atom stereocenters. The van der Waals surface area contributed by atoms with Crippen molar-refractivity contribution in [2.45, 2.75) is 4.90 Å². The van der Waals surface area contributed by atoms with E-state index in [1.165, 1.54) is 23.1 Å². The van der Waals surface area contributed by atoms with Gasteiger partial charge in [-0.2, -0.15) is 11.3 Å². The summed E-state index contributed by atoms with van der Waals surface area (Å²) in [4.78, 5) is 40.5. The Hall–Kier alpha value is -4.92. The number of hydrogen-bond acceptors (Lipinski definition) is 5. The Kier molecular flexibility index (Phi) is 7.98. The summed E-state index contributed by atoms with van der Waals surface area (Å²) in [6, 6.07) is 33.8. The first-order valence-corrected chi connectivity index (χ1v) is 15.2. The van der Waals surface area contributed by atoms with E-state index in [4.69, 9.17) is 0 Å². The molecule has 6 nitrogen and oxygen atoms in total. The molecule has 6 rings (SSSR count). The van der Waals surface area contributed by atoms with Gasteiger partial charge in [-0.25, -0.2) is 0 Å². The van der Waals surface area contributed by atoms with Gasteiger partial charge in [-0.15, -0.1) is 11.8 Å². The van der Waals surface area contributed by atoms with Crippen LogP contribution in [0.2, 0.25) is 0 Å². The minimum absolute atomic E-state index is 0.0311. The van der Waals surface area contributed by atoms with Crippen LogP contribution in [0, 0.1) is 0 Å². The molecule has 0 fully saturated rings. The lowest BCUT2D eigenvalue weighted by molar-refractivity contribution is -0.113. The van der Waals surface area contributed by atoms with Gasteiger partial charge in [0.05, 0.1) is 16.8 Å². The van der Waals surface area contributed by atoms with Crippen molar-refractivity contribution in [3.8, 4) is 0 Å². The fourth-order valence-electron chi connectivity index (χ4n) is 4.73. The first-order valence-electron chi connectivity index (χ1n) is 13.2. The van der Waals surface area contributed by atoms with E-state index in [1.54, 1.807) is 41.0 Å². The van der Waals surface area contributed by atoms with Crippen molar-refractivity contribution in [1.29, 1.82) is 0 Å². The molecule has 0 bridgehead atoms. The molecular weight excluding hydrogens is 563 g/mol. The molecule has 42 heavy (non-hydrogen) atoms. The summed E-state index contributed by atoms with van der Waals surface area (Å²) < 4.78 is 1.78. The number of thioether (sulfide) groups is 1. The Morgan fingerprint density at radius 1 is 0.786 bits per heavy atom. The van der Waals surface area contributed by atoms with E-state index in [0.717, 1.165) is 32.3 Å². The molecule has 0 aliphatic rings. The average Bonchev–Trinajstić information content (AvgIpc) is 3.66. The lowest BCUT2D eigenvalue weighted by Crippen LogP contribution is -2.30. The van der Waals surface area contributed by atoms with Crippen molar-refractivity contribution in [1.82, 2.24) is 9.88 Å². The van der Waals surface area contributed by atoms with Gasteiger partial charge in [-0.3, -0.25) is 19.0 Å². The van der Waals surface area contributed by atoms with Crippen LogP contribution in [-0.2, 0) is 4.79 Å². The van der Waals surface area contributed by atoms with Crippen LogP contribution < -0.4 is 10.6 Å². The average molecular weight is 588 g/mol. The number of rotatable bonds is 8. The largest absolute Gasteiger partial charge is 0.321 e. The van der Waals surface area contributed by atoms with Gasteiger partial charge in [0, 0.05) is 26.9 Å². The number of benzene rings is 4. The lowest BCUT2D eigenvalue weighted by Gasteiger charge is -2.12. The second-order valence-electron chi connectivity index (χ2n) is 9.47. The number of carbonyl (C=O) groups is 3. The zero-order chi connectivity index (χ0) is 28.9. The first kappa shape index (κ1) is 27.3. The molecule has 2 aromatic heterocycles. The Bertz CT molecular complexity index is 1890. The third kappa shape index (κ3) is 5.90. The van der Waals surface area contributed by atoms with Crippen molar-refractivity contribution in [3.05, 3.63) is 137 Å². The summed E-state index contributed by atoms with van der Waals surface area (Å²) in [5.74, 6) is -0.637. The molecule has 206 valence electrons. The smallest absolute Gasteiger partial charge is 0.272 e. The maximum atomic E-state index is 13.5. The van der Waals surface area contributed by atoms with E-state index in [1.807, 2.05) is 89.6 Å². The molecule has 0 unspecified atom stereocenters. The highest BCUT2D eigenvalue weighted by Crippen LogP contribution is 2.30. The summed E-state index contributed by atoms with van der Waals surface area (Å²) >= 11 is 2.90. The highest BCUT2D eigenvalue weighted by atomic mass is 32.2. The van der Waals surface area contributed by atoms with Gasteiger partial charge in [0.1, 0.15) is 5.70 Å². The predicted octanol–water partition coefficient (Wildman–Crippen LogP) is 7.70. The number of amides is 2. The zero-order valence-corrected chi connectivity index (χ0v) is 24.0. The van der Waals surface area contributed by atoms with E-state index in [9.17, 15) is 14.4 Å². The van der Waals surface area contributed by atoms with Gasteiger partial charge in [0.2, 0.25) is 5.91 Å². The molecule has 2 heterocycles. The molecule has 0 radical (unpaired) electrons. The molecule has 0 saturated carbocycles. The maximum absolute atomic E-state index is 13.5. The number of nitrogens with zero attached hydrogens (tertiary/aromatic N) is 1. The van der Waals surface area contributed by atoms with Crippen LogP contribution in [0.25, 0.3) is 27.9 Å². The molecule has 0 spiro atoms. The summed E-state index contributed by atoms with van der Waals surface area (Å²) in [5, 5.41) is 11.5. The van der Waals surface area contributed by atoms with E-state index >= 15 is 0 Å². The topological polar surface area (TPSA) is 80.2 Å². The second-order valence-corrected chi connectivity index (χ2v) is 11.3. The van der Waals surface area contributed by atoms with Gasteiger partial charge in [-0.1, -0.05) is 60.7 Å². The SMILES string of the molecule is O=C(Nc1cccc(SCC(=O)n2c3ccccc3c3ccccc32)c1)/C(=C\c1ccsc1)NC(=O)c1ccccc1. The second kappa shape index (κ2) is 12.3. The molecule has 4 aromatic carbocycles. The monoisotopic (exact) mass is 587 g/mol. The van der Waals surface area contributed by atoms with Crippen molar-refractivity contribution in [2.24, 2.45) is 0 Å². The minimum atomic E-state index is -0.450. The Morgan fingerprint density at radius 3 is 2.17 bits per heavy atom. The molecule has 2 amide bonds. The molecule has 2 N–H and O–H groups in total. The fourth-order valence-corrected chi connectivity index (χ4v) is 6.15. The Labute approximate surface area is 250 Å². The van der Waals surface area contributed by atoms with Crippen molar-refractivity contribution >= 4 is 74.4 Å². The number of thiophene rings is 1. The normalized spacial score (nSPS) is 11.5. The Morgan fingerprint density at radius 2 is 1.48 bits per heavy atom. The number of carbonyl (C=O) groups excluding carboxylic acids is 3. The predicted molar refractivity (Wildman–Crippen MR) is 172 cm³/mol. The van der Waals surface area contributed by atoms with E-state index in [2.05, 4.69) is 10.6 Å². The molecule has 0 aliphatic carbocycles. The van der Waals surface area contributed by atoms with Crippen molar-refractivity contribution in [3.63, 3.8) is 0 Å². The van der Waals surface area contributed by atoms with Crippen molar-refractivity contribution in [2.75, 3.05) is 11.1 Å². The van der Waals surface area contributed by atoms with Gasteiger partial charge in [0.15, 0.2) is 0 Å². The van der Waals surface area contributed by atoms with Crippen LogP contribution in [0.15, 0.2) is 131 Å². The van der Waals surface area contributed by atoms with Gasteiger partial charge in [-0.05, 0) is 70.9 Å². The first-order chi connectivity index (χ1) is 20.6. The highest BCUT2D eigenvalue weighted by molar-refractivity contribution is 8.00. The third-order valence-corrected chi connectivity index (χ3v) is 8.35. The van der Waals surface area contributed by atoms with E-state index in [0.29, 0.717) is 11.3 Å². The van der Waals surface area contributed by atoms with E-state index < -0.39 is 5.91 Å². The maximum Gasteiger partial charge on any atom is 0.272 e. The summed E-state index contributed by atoms with van der Waals surface area (Å²) in [7, 11) is 0. The van der Waals surface area contributed by atoms with E-state index in [-0.39, 0.29) is 23.3 Å². The number of hydrogen-bond donors (Lipinski definition) is 2. The number of fused-ring (bicyclic) bond motifs is 3. The standard InChI is InChI=1S/C34H25N3O3S2/c38-32(37-30-15-6-4-13-27(30)28-14-5-7-16-31(28)37)22-42-26-12-8-11-25(20-26)35-34(40)29(19-23-17-18-41-21-23)36-33(39)24-9-2-1-3-10-24/h1-21H,22H2,(H,35,40)(H,36,39)/b29-19+. The lowest BCUT2D eigenvalue weighted by atomic mass is 10.2. The van der Waals surface area contributed by atoms with Gasteiger partial charge in [0.25, 0.3) is 11.8 Å². The number of anilines is 1. The van der Waals surface area contributed by atoms with Gasteiger partial charge < -0.3 is 10.6 Å². The molecular formula is C34H25N3O3S2. The Balaban J connectivity index is 1.18. The number of nitrogens with one attached hydrogen (secondary N) is 2. The summed E-state index contributed by atoms with van der Waals surface area (Å²) in [5.41, 5.74) is 3.71.